The Bertz CT molecular complexity index is 3760. The first-order chi connectivity index (χ1) is 33.6. The van der Waals surface area contributed by atoms with Gasteiger partial charge in [-0.05, 0) is 136 Å². The van der Waals surface area contributed by atoms with Crippen LogP contribution in [0.1, 0.15) is 11.0 Å². The second-order valence-electron chi connectivity index (χ2n) is 15.1. The van der Waals surface area contributed by atoms with Crippen molar-refractivity contribution in [2.75, 3.05) is 4.90 Å². The van der Waals surface area contributed by atoms with E-state index in [9.17, 15) is 11.0 Å². The van der Waals surface area contributed by atoms with Gasteiger partial charge in [0.25, 0.3) is 0 Å². The summed E-state index contributed by atoms with van der Waals surface area (Å²) < 4.78 is 76.4. The molecular formula is C60H41N. The first-order valence-corrected chi connectivity index (χ1v) is 20.3. The highest BCUT2D eigenvalue weighted by Crippen LogP contribution is 2.42. The molecule has 11 rings (SSSR count). The predicted molar refractivity (Wildman–Crippen MR) is 261 cm³/mol. The third kappa shape index (κ3) is 7.03. The van der Waals surface area contributed by atoms with E-state index in [-0.39, 0.29) is 46.7 Å². The molecule has 11 aromatic carbocycles. The molecule has 11 aromatic rings. The molecule has 0 amide bonds. The molecule has 0 fully saturated rings. The molecule has 61 heavy (non-hydrogen) atoms. The number of fused-ring (bicyclic) bond motifs is 3. The van der Waals surface area contributed by atoms with Crippen LogP contribution >= 0.6 is 0 Å². The average molecular weight is 784 g/mol. The Morgan fingerprint density at radius 3 is 1.28 bits per heavy atom. The minimum absolute atomic E-state index is 0.102. The van der Waals surface area contributed by atoms with Gasteiger partial charge in [-0.15, -0.1) is 0 Å². The van der Waals surface area contributed by atoms with Crippen molar-refractivity contribution in [1.29, 1.82) is 0 Å². The summed E-state index contributed by atoms with van der Waals surface area (Å²) in [7, 11) is 0. The minimum Gasteiger partial charge on any atom is -0.311 e. The summed E-state index contributed by atoms with van der Waals surface area (Å²) in [5, 5.41) is 6.17. The van der Waals surface area contributed by atoms with Crippen LogP contribution in [0, 0.1) is 0 Å². The lowest BCUT2D eigenvalue weighted by Gasteiger charge is -2.26. The predicted octanol–water partition coefficient (Wildman–Crippen LogP) is 17.0. The van der Waals surface area contributed by atoms with Crippen LogP contribution in [-0.4, -0.2) is 0 Å². The molecule has 1 heteroatoms. The fourth-order valence-electron chi connectivity index (χ4n) is 8.26. The highest BCUT2D eigenvalue weighted by atomic mass is 15.1. The highest BCUT2D eigenvalue weighted by molar-refractivity contribution is 6.04. The zero-order valence-corrected chi connectivity index (χ0v) is 33.0. The molecule has 0 aliphatic heterocycles. The lowest BCUT2D eigenvalue weighted by Crippen LogP contribution is -2.09. The van der Waals surface area contributed by atoms with E-state index >= 15 is 0 Å². The SMILES string of the molecule is [2H]c1c([2H])c(N(c2ccc(-c3c(-c4ccccc4)ccc4ccccc34)cc2)c2c([2H])c([2H])c(-c3ccc4ccccc4c3)c([2H])c2[2H])c([2H])c([2H])c1-c1ccc(-c2ccc3ccccc3c2)cc1. The molecule has 0 bridgehead atoms. The van der Waals surface area contributed by atoms with Crippen LogP contribution < -0.4 is 4.90 Å². The van der Waals surface area contributed by atoms with Crippen molar-refractivity contribution in [1.82, 2.24) is 0 Å². The summed E-state index contributed by atoms with van der Waals surface area (Å²) in [5.74, 6) is 0. The van der Waals surface area contributed by atoms with Crippen LogP contribution in [0.4, 0.5) is 17.1 Å². The molecule has 0 saturated heterocycles. The Labute approximate surface area is 368 Å². The van der Waals surface area contributed by atoms with Crippen molar-refractivity contribution < 1.29 is 11.0 Å². The molecule has 0 atom stereocenters. The first kappa shape index (κ1) is 28.4. The fourth-order valence-corrected chi connectivity index (χ4v) is 8.26. The van der Waals surface area contributed by atoms with Crippen molar-refractivity contribution >= 4 is 49.4 Å². The highest BCUT2D eigenvalue weighted by Gasteiger charge is 2.16. The summed E-state index contributed by atoms with van der Waals surface area (Å²) in [6, 6.07) is 62.1. The van der Waals surface area contributed by atoms with Crippen LogP contribution in [0.25, 0.3) is 88.0 Å². The monoisotopic (exact) mass is 783 g/mol. The van der Waals surface area contributed by atoms with E-state index in [4.69, 9.17) is 0 Å². The summed E-state index contributed by atoms with van der Waals surface area (Å²) >= 11 is 0. The maximum absolute atomic E-state index is 9.65. The van der Waals surface area contributed by atoms with Gasteiger partial charge < -0.3 is 4.90 Å². The van der Waals surface area contributed by atoms with Gasteiger partial charge in [0.15, 0.2) is 0 Å². The third-order valence-corrected chi connectivity index (χ3v) is 11.4. The maximum atomic E-state index is 9.65. The smallest absolute Gasteiger partial charge is 0.0645 e. The molecule has 0 radical (unpaired) electrons. The van der Waals surface area contributed by atoms with Crippen LogP contribution in [0.5, 0.6) is 0 Å². The van der Waals surface area contributed by atoms with Gasteiger partial charge in [-0.1, -0.05) is 200 Å². The second kappa shape index (κ2) is 15.6. The zero-order valence-electron chi connectivity index (χ0n) is 41.0. The summed E-state index contributed by atoms with van der Waals surface area (Å²) in [5.41, 5.74) is 6.97. The van der Waals surface area contributed by atoms with Crippen molar-refractivity contribution in [3.8, 4) is 55.6 Å². The number of rotatable bonds is 8. The number of benzene rings is 11. The second-order valence-corrected chi connectivity index (χ2v) is 15.1. The van der Waals surface area contributed by atoms with Crippen LogP contribution in [-0.2, 0) is 0 Å². The molecule has 0 aliphatic rings. The quantitative estimate of drug-likeness (QED) is 0.148. The van der Waals surface area contributed by atoms with Gasteiger partial charge in [0.1, 0.15) is 0 Å². The van der Waals surface area contributed by atoms with E-state index in [1.54, 1.807) is 30.3 Å². The van der Waals surface area contributed by atoms with Crippen LogP contribution in [0.15, 0.2) is 249 Å². The molecular weight excluding hydrogens is 735 g/mol. The molecule has 0 aliphatic carbocycles. The number of anilines is 3. The van der Waals surface area contributed by atoms with Crippen molar-refractivity contribution in [2.24, 2.45) is 0 Å². The molecule has 0 unspecified atom stereocenters. The Morgan fingerprint density at radius 2 is 0.689 bits per heavy atom. The van der Waals surface area contributed by atoms with Crippen molar-refractivity contribution in [3.63, 3.8) is 0 Å². The molecule has 0 saturated carbocycles. The molecule has 1 nitrogen and oxygen atoms in total. The maximum Gasteiger partial charge on any atom is 0.0645 e. The van der Waals surface area contributed by atoms with Gasteiger partial charge >= 0.3 is 0 Å². The van der Waals surface area contributed by atoms with E-state index in [0.717, 1.165) is 65.7 Å². The molecule has 0 N–H and O–H groups in total. The van der Waals surface area contributed by atoms with E-state index in [0.29, 0.717) is 16.8 Å². The van der Waals surface area contributed by atoms with Crippen LogP contribution in [0.2, 0.25) is 0 Å². The topological polar surface area (TPSA) is 3.24 Å². The summed E-state index contributed by atoms with van der Waals surface area (Å²) in [6.07, 6.45) is 0. The van der Waals surface area contributed by atoms with E-state index in [1.807, 2.05) is 109 Å². The van der Waals surface area contributed by atoms with Gasteiger partial charge in [-0.25, -0.2) is 0 Å². The number of nitrogens with zero attached hydrogens (tertiary/aromatic N) is 1. The van der Waals surface area contributed by atoms with Crippen molar-refractivity contribution in [2.45, 2.75) is 0 Å². The van der Waals surface area contributed by atoms with Crippen LogP contribution in [0.3, 0.4) is 0 Å². The molecule has 0 aromatic heterocycles. The van der Waals surface area contributed by atoms with Gasteiger partial charge in [-0.3, -0.25) is 0 Å². The largest absolute Gasteiger partial charge is 0.311 e. The van der Waals surface area contributed by atoms with Gasteiger partial charge in [0.05, 0.1) is 11.0 Å². The van der Waals surface area contributed by atoms with Gasteiger partial charge in [0.2, 0.25) is 0 Å². The lowest BCUT2D eigenvalue weighted by atomic mass is 9.89. The molecule has 0 heterocycles. The minimum atomic E-state index is -0.399. The fraction of sp³-hybridized carbons (Fsp3) is 0. The summed E-state index contributed by atoms with van der Waals surface area (Å²) in [6.45, 7) is 0. The Hall–Kier alpha value is -8.00. The molecule has 286 valence electrons. The Morgan fingerprint density at radius 1 is 0.262 bits per heavy atom. The zero-order chi connectivity index (χ0) is 47.5. The van der Waals surface area contributed by atoms with Gasteiger partial charge in [-0.2, -0.15) is 0 Å². The standard InChI is InChI=1S/C60H41N/c1-2-12-48(13-3-1)59-39-32-49-14-8-9-17-58(49)60(59)50-30-37-57(38-31-50)61(56-35-28-47(29-36-56)54-25-23-43-11-5-7-16-52(43)41-54)55-33-26-45(27-34-55)44-18-20-46(21-19-44)53-24-22-42-10-4-6-15-51(42)40-53/h1-41H/i26D,27D,28D,29D,33D,34D,35D,36D. The van der Waals surface area contributed by atoms with Gasteiger partial charge in [0, 0.05) is 17.1 Å². The van der Waals surface area contributed by atoms with E-state index in [2.05, 4.69) is 60.7 Å². The normalized spacial score (nSPS) is 13.1. The Kier molecular flexibility index (Phi) is 7.29. The first-order valence-electron chi connectivity index (χ1n) is 24.3. The third-order valence-electron chi connectivity index (χ3n) is 11.4. The average Bonchev–Trinajstić information content (AvgIpc) is 3.39. The molecule has 0 spiro atoms. The number of hydrogen-bond donors (Lipinski definition) is 0. The Balaban J connectivity index is 1.09. The number of hydrogen-bond acceptors (Lipinski definition) is 1. The summed E-state index contributed by atoms with van der Waals surface area (Å²) in [4.78, 5) is 1.36. The van der Waals surface area contributed by atoms with E-state index < -0.39 is 24.2 Å². The lowest BCUT2D eigenvalue weighted by molar-refractivity contribution is 1.28. The van der Waals surface area contributed by atoms with Crippen molar-refractivity contribution in [3.05, 3.63) is 249 Å². The van der Waals surface area contributed by atoms with E-state index in [1.165, 1.54) is 4.90 Å².